The fourth-order valence-corrected chi connectivity index (χ4v) is 2.71. The van der Waals surface area contributed by atoms with Gasteiger partial charge in [-0.05, 0) is 53.3 Å². The number of allylic oxidation sites excluding steroid dienone is 2. The maximum Gasteiger partial charge on any atom is 0.146 e. The number of pyridine rings is 1. The zero-order valence-corrected chi connectivity index (χ0v) is 15.5. The van der Waals surface area contributed by atoms with Crippen LogP contribution in [0.25, 0.3) is 0 Å². The summed E-state index contributed by atoms with van der Waals surface area (Å²) in [6.45, 7) is 16.4. The van der Waals surface area contributed by atoms with Gasteiger partial charge in [0, 0.05) is 40.7 Å². The highest BCUT2D eigenvalue weighted by Crippen LogP contribution is 2.36. The minimum Gasteiger partial charge on any atom is -0.381 e. The van der Waals surface area contributed by atoms with Crippen LogP contribution in [0, 0.1) is 5.82 Å². The Labute approximate surface area is 149 Å². The van der Waals surface area contributed by atoms with Gasteiger partial charge in [-0.25, -0.2) is 9.38 Å². The zero-order valence-electron chi connectivity index (χ0n) is 15.5. The van der Waals surface area contributed by atoms with Crippen LogP contribution in [0.1, 0.15) is 46.1 Å². The third kappa shape index (κ3) is 4.78. The molecule has 4 nitrogen and oxygen atoms in total. The molecular formula is C20H27FN4. The summed E-state index contributed by atoms with van der Waals surface area (Å²) >= 11 is 0. The van der Waals surface area contributed by atoms with Crippen molar-refractivity contribution in [2.24, 2.45) is 4.99 Å². The van der Waals surface area contributed by atoms with Gasteiger partial charge in [-0.2, -0.15) is 0 Å². The molecule has 0 saturated heterocycles. The van der Waals surface area contributed by atoms with Crippen molar-refractivity contribution in [1.82, 2.24) is 15.6 Å². The van der Waals surface area contributed by atoms with Gasteiger partial charge >= 0.3 is 0 Å². The molecule has 2 N–H and O–H groups in total. The smallest absolute Gasteiger partial charge is 0.146 e. The maximum absolute atomic E-state index is 13.7. The molecule has 0 unspecified atom stereocenters. The Morgan fingerprint density at radius 2 is 2.04 bits per heavy atom. The van der Waals surface area contributed by atoms with Gasteiger partial charge in [0.15, 0.2) is 0 Å². The van der Waals surface area contributed by atoms with Gasteiger partial charge in [0.05, 0.1) is 6.20 Å². The minimum absolute atomic E-state index is 0.111. The predicted octanol–water partition coefficient (Wildman–Crippen LogP) is 4.23. The van der Waals surface area contributed by atoms with Crippen LogP contribution in [-0.2, 0) is 6.54 Å². The Kier molecular flexibility index (Phi) is 5.77. The Balaban J connectivity index is 2.19. The molecule has 1 heterocycles. The van der Waals surface area contributed by atoms with E-state index in [1.54, 1.807) is 12.3 Å². The Morgan fingerprint density at radius 3 is 2.56 bits per heavy atom. The third-order valence-electron chi connectivity index (χ3n) is 4.46. The number of nitrogens with one attached hydrogen (secondary N) is 2. The van der Waals surface area contributed by atoms with Crippen molar-refractivity contribution in [3.05, 3.63) is 64.7 Å². The molecule has 134 valence electrons. The number of hydrogen-bond acceptors (Lipinski definition) is 4. The summed E-state index contributed by atoms with van der Waals surface area (Å²) in [4.78, 5) is 7.95. The van der Waals surface area contributed by atoms with Crippen molar-refractivity contribution < 1.29 is 4.39 Å². The second kappa shape index (κ2) is 7.64. The van der Waals surface area contributed by atoms with Crippen molar-refractivity contribution in [2.75, 3.05) is 0 Å². The first-order valence-electron chi connectivity index (χ1n) is 8.42. The van der Waals surface area contributed by atoms with E-state index >= 15 is 0 Å². The van der Waals surface area contributed by atoms with Crippen molar-refractivity contribution in [3.8, 4) is 0 Å². The highest BCUT2D eigenvalue weighted by atomic mass is 19.1. The SMILES string of the molecule is C=N/C(NC1(C)CC1)=C(\C)C(C(=C)NCc1ccncc1F)=C(C)C. The van der Waals surface area contributed by atoms with Crippen molar-refractivity contribution in [2.45, 2.75) is 52.6 Å². The van der Waals surface area contributed by atoms with E-state index in [1.165, 1.54) is 6.20 Å². The van der Waals surface area contributed by atoms with E-state index in [2.05, 4.69) is 40.8 Å². The topological polar surface area (TPSA) is 49.3 Å². The number of aliphatic imine (C=N–C) groups is 1. The normalized spacial score (nSPS) is 15.7. The van der Waals surface area contributed by atoms with Crippen molar-refractivity contribution >= 4 is 6.72 Å². The average Bonchev–Trinajstić information content (AvgIpc) is 3.29. The molecule has 0 amide bonds. The molecule has 1 aromatic rings. The van der Waals surface area contributed by atoms with Crippen LogP contribution in [0.5, 0.6) is 0 Å². The van der Waals surface area contributed by atoms with E-state index in [0.29, 0.717) is 12.1 Å². The van der Waals surface area contributed by atoms with Gasteiger partial charge in [-0.3, -0.25) is 4.98 Å². The van der Waals surface area contributed by atoms with Crippen molar-refractivity contribution in [3.63, 3.8) is 0 Å². The van der Waals surface area contributed by atoms with Gasteiger partial charge < -0.3 is 10.6 Å². The fourth-order valence-electron chi connectivity index (χ4n) is 2.71. The van der Waals surface area contributed by atoms with Crippen molar-refractivity contribution in [1.29, 1.82) is 0 Å². The van der Waals surface area contributed by atoms with Gasteiger partial charge in [0.25, 0.3) is 0 Å². The van der Waals surface area contributed by atoms with Crippen LogP contribution in [0.3, 0.4) is 0 Å². The first-order valence-corrected chi connectivity index (χ1v) is 8.42. The van der Waals surface area contributed by atoms with E-state index in [1.807, 2.05) is 20.8 Å². The van der Waals surface area contributed by atoms with Crippen LogP contribution in [0.4, 0.5) is 4.39 Å². The van der Waals surface area contributed by atoms with Gasteiger partial charge in [0.1, 0.15) is 11.6 Å². The van der Waals surface area contributed by atoms with E-state index in [-0.39, 0.29) is 11.4 Å². The number of rotatable bonds is 8. The van der Waals surface area contributed by atoms with E-state index in [4.69, 9.17) is 0 Å². The summed E-state index contributed by atoms with van der Waals surface area (Å²) in [6.07, 6.45) is 5.05. The molecule has 1 aliphatic rings. The van der Waals surface area contributed by atoms with E-state index in [9.17, 15) is 4.39 Å². The van der Waals surface area contributed by atoms with Crippen LogP contribution in [0.15, 0.2) is 58.3 Å². The number of halogens is 1. The number of nitrogens with zero attached hydrogens (tertiary/aromatic N) is 2. The monoisotopic (exact) mass is 342 g/mol. The van der Waals surface area contributed by atoms with Crippen LogP contribution in [0.2, 0.25) is 0 Å². The predicted molar refractivity (Wildman–Crippen MR) is 102 cm³/mol. The summed E-state index contributed by atoms with van der Waals surface area (Å²) in [5.74, 6) is 0.444. The standard InChI is InChI=1S/C20H27FN4/c1-13(2)18(14(3)19(22-6)25-20(5)8-9-20)15(4)24-11-16-7-10-23-12-17(16)21/h7,10,12,24-25H,4,6,8-9,11H2,1-3,5H3/b19-14-. The van der Waals surface area contributed by atoms with Gasteiger partial charge in [-0.15, -0.1) is 0 Å². The Bertz CT molecular complexity index is 738. The van der Waals surface area contributed by atoms with Gasteiger partial charge in [-0.1, -0.05) is 12.2 Å². The lowest BCUT2D eigenvalue weighted by Crippen LogP contribution is -2.28. The summed E-state index contributed by atoms with van der Waals surface area (Å²) in [6, 6.07) is 1.66. The fraction of sp³-hybridized carbons (Fsp3) is 0.400. The Morgan fingerprint density at radius 1 is 1.36 bits per heavy atom. The Hall–Kier alpha value is -2.43. The molecule has 1 saturated carbocycles. The van der Waals surface area contributed by atoms with E-state index in [0.717, 1.165) is 41.1 Å². The largest absolute Gasteiger partial charge is 0.381 e. The van der Waals surface area contributed by atoms with Gasteiger partial charge in [0.2, 0.25) is 0 Å². The van der Waals surface area contributed by atoms with Crippen LogP contribution in [-0.4, -0.2) is 17.2 Å². The first kappa shape index (κ1) is 18.9. The molecule has 5 heteroatoms. The first-order chi connectivity index (χ1) is 11.8. The van der Waals surface area contributed by atoms with Crippen LogP contribution < -0.4 is 10.6 Å². The lowest BCUT2D eigenvalue weighted by atomic mass is 9.99. The van der Waals surface area contributed by atoms with E-state index < -0.39 is 0 Å². The zero-order chi connectivity index (χ0) is 18.6. The summed E-state index contributed by atoms with van der Waals surface area (Å²) < 4.78 is 13.7. The second-order valence-electron chi connectivity index (χ2n) is 6.99. The highest BCUT2D eigenvalue weighted by molar-refractivity contribution is 5.49. The lowest BCUT2D eigenvalue weighted by molar-refractivity contribution is 0.594. The average molecular weight is 342 g/mol. The quantitative estimate of drug-likeness (QED) is 0.549. The lowest BCUT2D eigenvalue weighted by Gasteiger charge is -2.21. The number of hydrogen-bond donors (Lipinski definition) is 2. The molecule has 25 heavy (non-hydrogen) atoms. The molecule has 1 fully saturated rings. The highest BCUT2D eigenvalue weighted by Gasteiger charge is 2.38. The molecule has 0 spiro atoms. The summed E-state index contributed by atoms with van der Waals surface area (Å²) in [7, 11) is 0. The molecule has 0 atom stereocenters. The molecular weight excluding hydrogens is 315 g/mol. The molecule has 2 rings (SSSR count). The van der Waals surface area contributed by atoms with Crippen LogP contribution >= 0.6 is 0 Å². The maximum atomic E-state index is 13.7. The number of aromatic nitrogens is 1. The molecule has 0 bridgehead atoms. The third-order valence-corrected chi connectivity index (χ3v) is 4.46. The molecule has 1 aromatic heterocycles. The summed E-state index contributed by atoms with van der Waals surface area (Å²) in [5.41, 5.74) is 4.46. The minimum atomic E-state index is -0.328. The second-order valence-corrected chi connectivity index (χ2v) is 6.99. The molecule has 0 aliphatic heterocycles. The molecule has 0 aromatic carbocycles. The molecule has 0 radical (unpaired) electrons. The molecule has 1 aliphatic carbocycles. The summed E-state index contributed by atoms with van der Waals surface area (Å²) in [5, 5.41) is 6.68.